The number of H-pyrrole nitrogens is 1. The maximum atomic E-state index is 5.61. The Bertz CT molecular complexity index is 1540. The molecule has 9 heteroatoms. The summed E-state index contributed by atoms with van der Waals surface area (Å²) in [6.07, 6.45) is 12.5. The average molecular weight is 497 g/mol. The van der Waals surface area contributed by atoms with E-state index >= 15 is 0 Å². The summed E-state index contributed by atoms with van der Waals surface area (Å²) in [5.74, 6) is 1.18. The van der Waals surface area contributed by atoms with E-state index in [0.29, 0.717) is 11.8 Å². The van der Waals surface area contributed by atoms with Crippen LogP contribution in [-0.2, 0) is 13.5 Å². The number of hydrogen-bond donors (Lipinski definition) is 1. The highest BCUT2D eigenvalue weighted by molar-refractivity contribution is 5.84. The molecule has 0 saturated heterocycles. The Morgan fingerprint density at radius 2 is 1.92 bits per heavy atom. The molecule has 190 valence electrons. The van der Waals surface area contributed by atoms with Gasteiger partial charge in [-0.05, 0) is 36.6 Å². The van der Waals surface area contributed by atoms with Crippen molar-refractivity contribution in [3.63, 3.8) is 0 Å². The molecular formula is C28H32N8O. The van der Waals surface area contributed by atoms with Crippen LogP contribution < -0.4 is 9.64 Å². The molecule has 5 rings (SSSR count). The lowest BCUT2D eigenvalue weighted by molar-refractivity contribution is 0.398. The number of nitrogens with zero attached hydrogens (tertiary/aromatic N) is 7. The Kier molecular flexibility index (Phi) is 6.85. The number of hydrogen-bond acceptors (Lipinski definition) is 7. The van der Waals surface area contributed by atoms with Crippen molar-refractivity contribution in [1.29, 1.82) is 0 Å². The number of anilines is 1. The standard InChI is InChI=1S/C28H32N8O/c1-6-7-10-35(3)28-31-16-24(27(34-28)37-5)25-9-8-19(18(2)33-25)11-21-14-30-26-23(21)12-20(13-29-26)22-15-32-36(4)17-22/h8-9,12-17H,6-7,10-11H2,1-5H3,(H,29,30). The topological polar surface area (TPSA) is 97.6 Å². The van der Waals surface area contributed by atoms with Crippen LogP contribution in [0, 0.1) is 6.92 Å². The van der Waals surface area contributed by atoms with Gasteiger partial charge < -0.3 is 14.6 Å². The van der Waals surface area contributed by atoms with E-state index in [1.807, 2.05) is 56.8 Å². The van der Waals surface area contributed by atoms with Crippen molar-refractivity contribution >= 4 is 17.0 Å². The van der Waals surface area contributed by atoms with Crippen molar-refractivity contribution in [2.45, 2.75) is 33.1 Å². The fraction of sp³-hybridized carbons (Fsp3) is 0.321. The van der Waals surface area contributed by atoms with E-state index in [0.717, 1.165) is 70.5 Å². The lowest BCUT2D eigenvalue weighted by Gasteiger charge is -2.18. The number of aromatic amines is 1. The summed E-state index contributed by atoms with van der Waals surface area (Å²) in [6, 6.07) is 6.30. The van der Waals surface area contributed by atoms with Crippen LogP contribution in [0.15, 0.2) is 49.2 Å². The van der Waals surface area contributed by atoms with E-state index in [9.17, 15) is 0 Å². The van der Waals surface area contributed by atoms with Crippen molar-refractivity contribution in [3.05, 3.63) is 66.0 Å². The van der Waals surface area contributed by atoms with Gasteiger partial charge in [-0.1, -0.05) is 19.4 Å². The van der Waals surface area contributed by atoms with E-state index in [1.54, 1.807) is 18.0 Å². The summed E-state index contributed by atoms with van der Waals surface area (Å²) in [4.78, 5) is 24.1. The van der Waals surface area contributed by atoms with Gasteiger partial charge in [0.25, 0.3) is 0 Å². The third-order valence-corrected chi connectivity index (χ3v) is 6.63. The first-order valence-corrected chi connectivity index (χ1v) is 12.5. The number of unbranched alkanes of at least 4 members (excludes halogenated alkanes) is 1. The molecular weight excluding hydrogens is 464 g/mol. The minimum atomic E-state index is 0.527. The smallest absolute Gasteiger partial charge is 0.228 e. The average Bonchev–Trinajstić information content (AvgIpc) is 3.53. The molecule has 0 aliphatic rings. The SMILES string of the molecule is CCCCN(C)c1ncc(-c2ccc(Cc3c[nH]c4ncc(-c5cnn(C)c5)cc34)c(C)n2)c(OC)n1. The summed E-state index contributed by atoms with van der Waals surface area (Å²) in [7, 11) is 5.55. The van der Waals surface area contributed by atoms with Crippen LogP contribution in [0.2, 0.25) is 0 Å². The molecule has 0 spiro atoms. The molecule has 0 aliphatic carbocycles. The summed E-state index contributed by atoms with van der Waals surface area (Å²) in [5, 5.41) is 5.39. The van der Waals surface area contributed by atoms with Gasteiger partial charge in [-0.2, -0.15) is 10.1 Å². The molecule has 0 aromatic carbocycles. The molecule has 37 heavy (non-hydrogen) atoms. The molecule has 5 heterocycles. The number of fused-ring (bicyclic) bond motifs is 1. The number of pyridine rings is 2. The van der Waals surface area contributed by atoms with Gasteiger partial charge in [0.2, 0.25) is 11.8 Å². The van der Waals surface area contributed by atoms with Crippen LogP contribution in [0.4, 0.5) is 5.95 Å². The number of methoxy groups -OCH3 is 1. The zero-order chi connectivity index (χ0) is 25.9. The fourth-order valence-corrected chi connectivity index (χ4v) is 4.43. The van der Waals surface area contributed by atoms with E-state index in [-0.39, 0.29) is 0 Å². The third-order valence-electron chi connectivity index (χ3n) is 6.63. The highest BCUT2D eigenvalue weighted by Crippen LogP contribution is 2.30. The second-order valence-corrected chi connectivity index (χ2v) is 9.32. The Hall–Kier alpha value is -4.27. The highest BCUT2D eigenvalue weighted by Gasteiger charge is 2.16. The Labute approximate surface area is 216 Å². The molecule has 0 atom stereocenters. The van der Waals surface area contributed by atoms with E-state index < -0.39 is 0 Å². The molecule has 0 unspecified atom stereocenters. The van der Waals surface area contributed by atoms with E-state index in [2.05, 4.69) is 44.1 Å². The Balaban J connectivity index is 1.41. The van der Waals surface area contributed by atoms with Crippen molar-refractivity contribution in [3.8, 4) is 28.3 Å². The molecule has 5 aromatic heterocycles. The van der Waals surface area contributed by atoms with Gasteiger partial charge in [0, 0.05) is 74.1 Å². The largest absolute Gasteiger partial charge is 0.480 e. The first kappa shape index (κ1) is 24.4. The van der Waals surface area contributed by atoms with Gasteiger partial charge in [0.15, 0.2) is 0 Å². The highest BCUT2D eigenvalue weighted by atomic mass is 16.5. The zero-order valence-corrected chi connectivity index (χ0v) is 22.0. The maximum absolute atomic E-state index is 5.61. The van der Waals surface area contributed by atoms with Crippen LogP contribution in [0.3, 0.4) is 0 Å². The fourth-order valence-electron chi connectivity index (χ4n) is 4.43. The van der Waals surface area contributed by atoms with Crippen LogP contribution in [-0.4, -0.2) is 55.4 Å². The van der Waals surface area contributed by atoms with E-state index in [4.69, 9.17) is 9.72 Å². The summed E-state index contributed by atoms with van der Waals surface area (Å²) < 4.78 is 7.41. The Morgan fingerprint density at radius 3 is 2.65 bits per heavy atom. The first-order valence-electron chi connectivity index (χ1n) is 12.5. The summed E-state index contributed by atoms with van der Waals surface area (Å²) in [6.45, 7) is 5.11. The lowest BCUT2D eigenvalue weighted by Crippen LogP contribution is -2.21. The molecule has 0 bridgehead atoms. The molecule has 0 amide bonds. The van der Waals surface area contributed by atoms with Gasteiger partial charge in [0.1, 0.15) is 5.65 Å². The zero-order valence-electron chi connectivity index (χ0n) is 22.0. The van der Waals surface area contributed by atoms with Gasteiger partial charge in [-0.3, -0.25) is 9.67 Å². The van der Waals surface area contributed by atoms with Crippen LogP contribution in [0.5, 0.6) is 5.88 Å². The number of aromatic nitrogens is 7. The molecule has 1 N–H and O–H groups in total. The Morgan fingerprint density at radius 1 is 1.05 bits per heavy atom. The molecule has 0 saturated carbocycles. The van der Waals surface area contributed by atoms with Gasteiger partial charge in [-0.25, -0.2) is 9.97 Å². The van der Waals surface area contributed by atoms with Crippen LogP contribution >= 0.6 is 0 Å². The van der Waals surface area contributed by atoms with Gasteiger partial charge >= 0.3 is 0 Å². The van der Waals surface area contributed by atoms with Gasteiger partial charge in [0.05, 0.1) is 24.6 Å². The lowest BCUT2D eigenvalue weighted by atomic mass is 10.0. The monoisotopic (exact) mass is 496 g/mol. The van der Waals surface area contributed by atoms with Crippen molar-refractivity contribution in [1.82, 2.24) is 34.7 Å². The summed E-state index contributed by atoms with van der Waals surface area (Å²) >= 11 is 0. The van der Waals surface area contributed by atoms with Gasteiger partial charge in [-0.15, -0.1) is 0 Å². The number of rotatable bonds is 9. The van der Waals surface area contributed by atoms with Crippen LogP contribution in [0.1, 0.15) is 36.6 Å². The molecule has 5 aromatic rings. The van der Waals surface area contributed by atoms with Crippen LogP contribution in [0.25, 0.3) is 33.4 Å². The number of aryl methyl sites for hydroxylation is 2. The summed E-state index contributed by atoms with van der Waals surface area (Å²) in [5.41, 5.74) is 7.80. The minimum absolute atomic E-state index is 0.527. The normalized spacial score (nSPS) is 11.3. The molecule has 9 nitrogen and oxygen atoms in total. The second kappa shape index (κ2) is 10.4. The number of nitrogens with one attached hydrogen (secondary N) is 1. The predicted molar refractivity (Wildman–Crippen MR) is 146 cm³/mol. The molecule has 0 radical (unpaired) electrons. The molecule has 0 fully saturated rings. The van der Waals surface area contributed by atoms with Crippen molar-refractivity contribution in [2.24, 2.45) is 7.05 Å². The molecule has 0 aliphatic heterocycles. The van der Waals surface area contributed by atoms with Crippen molar-refractivity contribution < 1.29 is 4.74 Å². The quantitative estimate of drug-likeness (QED) is 0.308. The number of ether oxygens (including phenoxy) is 1. The first-order chi connectivity index (χ1) is 18.0. The minimum Gasteiger partial charge on any atom is -0.480 e. The maximum Gasteiger partial charge on any atom is 0.228 e. The predicted octanol–water partition coefficient (Wildman–Crippen LogP) is 4.96. The van der Waals surface area contributed by atoms with E-state index in [1.165, 1.54) is 5.56 Å². The third kappa shape index (κ3) is 5.02. The second-order valence-electron chi connectivity index (χ2n) is 9.32. The van der Waals surface area contributed by atoms with Crippen molar-refractivity contribution in [2.75, 3.05) is 25.6 Å².